The van der Waals surface area contributed by atoms with Gasteiger partial charge < -0.3 is 9.47 Å². The van der Waals surface area contributed by atoms with Gasteiger partial charge in [-0.25, -0.2) is 9.18 Å². The molecule has 3 aromatic carbocycles. The summed E-state index contributed by atoms with van der Waals surface area (Å²) in [5.74, 6) is 6.38. The molecular weight excluding hydrogens is 427 g/mol. The van der Waals surface area contributed by atoms with Crippen LogP contribution < -0.4 is 9.47 Å². The molecule has 34 heavy (non-hydrogen) atoms. The minimum absolute atomic E-state index is 0.165. The van der Waals surface area contributed by atoms with Gasteiger partial charge in [0.15, 0.2) is 0 Å². The number of halogens is 1. The van der Waals surface area contributed by atoms with Crippen LogP contribution in [0.3, 0.4) is 0 Å². The molecule has 3 aromatic rings. The van der Waals surface area contributed by atoms with E-state index < -0.39 is 11.8 Å². The molecule has 0 aliphatic heterocycles. The van der Waals surface area contributed by atoms with Crippen LogP contribution in [0.25, 0.3) is 0 Å². The number of rotatable bonds is 11. The molecule has 0 aliphatic carbocycles. The summed E-state index contributed by atoms with van der Waals surface area (Å²) in [6.45, 7) is 2.98. The maximum atomic E-state index is 13.3. The molecule has 0 N–H and O–H groups in total. The van der Waals surface area contributed by atoms with Gasteiger partial charge in [-0.1, -0.05) is 63.4 Å². The molecule has 0 saturated heterocycles. The van der Waals surface area contributed by atoms with Gasteiger partial charge in [0.05, 0.1) is 12.2 Å². The van der Waals surface area contributed by atoms with E-state index in [-0.39, 0.29) is 5.56 Å². The zero-order valence-electron chi connectivity index (χ0n) is 19.7. The fourth-order valence-corrected chi connectivity index (χ4v) is 3.42. The Morgan fingerprint density at radius 2 is 1.35 bits per heavy atom. The quantitative estimate of drug-likeness (QED) is 0.129. The Morgan fingerprint density at radius 3 is 1.97 bits per heavy atom. The van der Waals surface area contributed by atoms with Crippen LogP contribution in [0.4, 0.5) is 4.39 Å². The number of carbonyl (C=O) groups is 1. The number of hydrogen-bond donors (Lipinski definition) is 0. The zero-order chi connectivity index (χ0) is 24.0. The molecule has 0 aliphatic rings. The van der Waals surface area contributed by atoms with Gasteiger partial charge >= 0.3 is 5.97 Å². The third-order valence-corrected chi connectivity index (χ3v) is 5.35. The van der Waals surface area contributed by atoms with Crippen molar-refractivity contribution in [1.29, 1.82) is 0 Å². The fourth-order valence-electron chi connectivity index (χ4n) is 3.42. The van der Waals surface area contributed by atoms with E-state index >= 15 is 0 Å². The van der Waals surface area contributed by atoms with E-state index in [1.807, 2.05) is 24.3 Å². The summed E-state index contributed by atoms with van der Waals surface area (Å²) in [6, 6.07) is 20.1. The minimum Gasteiger partial charge on any atom is -0.494 e. The van der Waals surface area contributed by atoms with Gasteiger partial charge in [-0.2, -0.15) is 0 Å². The lowest BCUT2D eigenvalue weighted by Crippen LogP contribution is -2.08. The van der Waals surface area contributed by atoms with Crippen molar-refractivity contribution < 1.29 is 18.7 Å². The molecule has 0 aromatic heterocycles. The number of hydrogen-bond acceptors (Lipinski definition) is 3. The summed E-state index contributed by atoms with van der Waals surface area (Å²) in [5, 5.41) is 0. The summed E-state index contributed by atoms with van der Waals surface area (Å²) < 4.78 is 24.4. The summed E-state index contributed by atoms with van der Waals surface area (Å²) in [7, 11) is 0. The van der Waals surface area contributed by atoms with Gasteiger partial charge in [-0.05, 0) is 73.2 Å². The molecule has 3 rings (SSSR count). The largest absolute Gasteiger partial charge is 0.494 e. The molecule has 3 nitrogen and oxygen atoms in total. The first-order valence-electron chi connectivity index (χ1n) is 12.0. The average molecular weight is 459 g/mol. The highest BCUT2D eigenvalue weighted by atomic mass is 19.1. The lowest BCUT2D eigenvalue weighted by molar-refractivity contribution is 0.0734. The number of benzene rings is 3. The average Bonchev–Trinajstić information content (AvgIpc) is 2.86. The van der Waals surface area contributed by atoms with Gasteiger partial charge in [0.1, 0.15) is 17.3 Å². The second kappa shape index (κ2) is 13.9. The van der Waals surface area contributed by atoms with Crippen LogP contribution in [0.1, 0.15) is 73.4 Å². The van der Waals surface area contributed by atoms with Crippen LogP contribution in [-0.4, -0.2) is 12.6 Å². The van der Waals surface area contributed by atoms with E-state index in [0.717, 1.165) is 36.0 Å². The van der Waals surface area contributed by atoms with Crippen LogP contribution in [0.2, 0.25) is 0 Å². The van der Waals surface area contributed by atoms with Crippen molar-refractivity contribution in [1.82, 2.24) is 0 Å². The van der Waals surface area contributed by atoms with E-state index in [0.29, 0.717) is 5.75 Å². The molecule has 4 heteroatoms. The highest BCUT2D eigenvalue weighted by Gasteiger charge is 2.09. The van der Waals surface area contributed by atoms with E-state index in [4.69, 9.17) is 9.47 Å². The van der Waals surface area contributed by atoms with E-state index in [9.17, 15) is 9.18 Å². The van der Waals surface area contributed by atoms with Crippen LogP contribution in [-0.2, 0) is 0 Å². The van der Waals surface area contributed by atoms with Gasteiger partial charge in [0.2, 0.25) is 0 Å². The molecule has 0 unspecified atom stereocenters. The summed E-state index contributed by atoms with van der Waals surface area (Å²) in [4.78, 5) is 12.1. The smallest absolute Gasteiger partial charge is 0.343 e. The SMILES string of the molecule is CCCCCCCCCOc1ccc(C#Cc2ccc(OC(=O)c3cccc(F)c3)cc2)cc1. The monoisotopic (exact) mass is 458 g/mol. The second-order valence-electron chi connectivity index (χ2n) is 8.17. The molecule has 0 saturated carbocycles. The Bertz CT molecular complexity index is 1090. The number of carbonyl (C=O) groups excluding carboxylic acids is 1. The van der Waals surface area contributed by atoms with Crippen molar-refractivity contribution in [3.8, 4) is 23.3 Å². The molecule has 0 amide bonds. The maximum absolute atomic E-state index is 13.3. The van der Waals surface area contributed by atoms with Crippen LogP contribution in [0, 0.1) is 17.7 Å². The van der Waals surface area contributed by atoms with Crippen LogP contribution in [0.5, 0.6) is 11.5 Å². The molecule has 0 spiro atoms. The van der Waals surface area contributed by atoms with Crippen molar-refractivity contribution in [3.05, 3.63) is 95.3 Å². The van der Waals surface area contributed by atoms with E-state index in [2.05, 4.69) is 18.8 Å². The van der Waals surface area contributed by atoms with Gasteiger partial charge in [0, 0.05) is 11.1 Å². The zero-order valence-corrected chi connectivity index (χ0v) is 19.7. The molecule has 0 bridgehead atoms. The second-order valence-corrected chi connectivity index (χ2v) is 8.17. The summed E-state index contributed by atoms with van der Waals surface area (Å²) >= 11 is 0. The maximum Gasteiger partial charge on any atom is 0.343 e. The molecule has 0 atom stereocenters. The third-order valence-electron chi connectivity index (χ3n) is 5.35. The number of unbranched alkanes of at least 4 members (excludes halogenated alkanes) is 6. The summed E-state index contributed by atoms with van der Waals surface area (Å²) in [5.41, 5.74) is 1.86. The predicted octanol–water partition coefficient (Wildman–Crippen LogP) is 7.57. The summed E-state index contributed by atoms with van der Waals surface area (Å²) in [6.07, 6.45) is 8.88. The van der Waals surface area contributed by atoms with Crippen LogP contribution >= 0.6 is 0 Å². The molecular formula is C30H31FO3. The first kappa shape index (κ1) is 25.1. The highest BCUT2D eigenvalue weighted by molar-refractivity contribution is 5.91. The molecule has 0 fully saturated rings. The Hall–Kier alpha value is -3.58. The van der Waals surface area contributed by atoms with E-state index in [1.54, 1.807) is 24.3 Å². The first-order chi connectivity index (χ1) is 16.6. The highest BCUT2D eigenvalue weighted by Crippen LogP contribution is 2.16. The molecule has 176 valence electrons. The Labute approximate surface area is 201 Å². The van der Waals surface area contributed by atoms with E-state index in [1.165, 1.54) is 56.7 Å². The van der Waals surface area contributed by atoms with Crippen molar-refractivity contribution >= 4 is 5.97 Å². The van der Waals surface area contributed by atoms with Gasteiger partial charge in [-0.15, -0.1) is 0 Å². The predicted molar refractivity (Wildman–Crippen MR) is 134 cm³/mol. The number of esters is 1. The van der Waals surface area contributed by atoms with Crippen molar-refractivity contribution in [3.63, 3.8) is 0 Å². The normalized spacial score (nSPS) is 10.3. The lowest BCUT2D eigenvalue weighted by Gasteiger charge is -2.06. The minimum atomic E-state index is -0.604. The topological polar surface area (TPSA) is 35.5 Å². The lowest BCUT2D eigenvalue weighted by atomic mass is 10.1. The van der Waals surface area contributed by atoms with Crippen LogP contribution in [0.15, 0.2) is 72.8 Å². The first-order valence-corrected chi connectivity index (χ1v) is 12.0. The van der Waals surface area contributed by atoms with Gasteiger partial charge in [-0.3, -0.25) is 0 Å². The molecule has 0 radical (unpaired) electrons. The van der Waals surface area contributed by atoms with Crippen molar-refractivity contribution in [2.75, 3.05) is 6.61 Å². The van der Waals surface area contributed by atoms with Crippen molar-refractivity contribution in [2.45, 2.75) is 51.9 Å². The van der Waals surface area contributed by atoms with Gasteiger partial charge in [0.25, 0.3) is 0 Å². The molecule has 0 heterocycles. The Balaban J connectivity index is 1.43. The van der Waals surface area contributed by atoms with Crippen molar-refractivity contribution in [2.24, 2.45) is 0 Å². The standard InChI is InChI=1S/C30H31FO3/c1-2-3-4-5-6-7-8-22-33-28-18-14-24(15-19-28)12-13-25-16-20-29(21-17-25)34-30(32)26-10-9-11-27(31)23-26/h9-11,14-21,23H,2-8,22H2,1H3. The fraction of sp³-hybridized carbons (Fsp3) is 0.300. The Kier molecular flexibility index (Phi) is 10.2. The Morgan fingerprint density at radius 1 is 0.765 bits per heavy atom. The number of ether oxygens (including phenoxy) is 2. The third kappa shape index (κ3) is 8.75.